The monoisotopic (exact) mass is 531 g/mol. The summed E-state index contributed by atoms with van der Waals surface area (Å²) >= 11 is 1.42. The molecule has 0 fully saturated rings. The Kier molecular flexibility index (Phi) is 9.75. The molecular weight excluding hydrogens is 501 g/mol. The van der Waals surface area contributed by atoms with Gasteiger partial charge in [0.25, 0.3) is 11.5 Å². The minimum absolute atomic E-state index is 0.0828. The maximum atomic E-state index is 13.3. The molecule has 7 nitrogen and oxygen atoms in total. The van der Waals surface area contributed by atoms with Crippen molar-refractivity contribution in [3.05, 3.63) is 117 Å². The van der Waals surface area contributed by atoms with Crippen molar-refractivity contribution >= 4 is 17.7 Å². The molecule has 2 aromatic carbocycles. The molecule has 0 saturated carbocycles. The van der Waals surface area contributed by atoms with Crippen LogP contribution < -0.4 is 10.9 Å². The van der Waals surface area contributed by atoms with E-state index in [1.165, 1.54) is 30.2 Å². The number of carbonyl (C=O) groups excluding carboxylic acids is 1. The van der Waals surface area contributed by atoms with E-state index in [1.807, 2.05) is 35.0 Å². The summed E-state index contributed by atoms with van der Waals surface area (Å²) in [7, 11) is 0. The molecule has 38 heavy (non-hydrogen) atoms. The predicted octanol–water partition coefficient (Wildman–Crippen LogP) is 5.02. The van der Waals surface area contributed by atoms with E-state index in [4.69, 9.17) is 0 Å². The highest BCUT2D eigenvalue weighted by Crippen LogP contribution is 2.22. The fraction of sp³-hybridized carbons (Fsp3) is 0.276. The zero-order chi connectivity index (χ0) is 26.7. The second kappa shape index (κ2) is 13.6. The standard InChI is InChI=1S/C29H30FN5O2S/c1-2-3-4-13-33-27(36)24-9-5-21(6-10-24)17-35-18-25(14-23-15-31-20-32-16-23)28(37)34-29(35)38-19-22-7-11-26(30)12-8-22/h5-12,15-16,18,20H,2-4,13-14,17,19H2,1H3,(H,33,36). The zero-order valence-electron chi connectivity index (χ0n) is 21.3. The summed E-state index contributed by atoms with van der Waals surface area (Å²) in [5.74, 6) is 0.164. The Labute approximate surface area is 225 Å². The molecule has 4 aromatic rings. The number of hydrogen-bond donors (Lipinski definition) is 1. The van der Waals surface area contributed by atoms with Crippen molar-refractivity contribution in [2.75, 3.05) is 6.54 Å². The van der Waals surface area contributed by atoms with Crippen LogP contribution in [0.2, 0.25) is 0 Å². The Bertz CT molecular complexity index is 1390. The average Bonchev–Trinajstić information content (AvgIpc) is 2.94. The van der Waals surface area contributed by atoms with Gasteiger partial charge < -0.3 is 9.88 Å². The summed E-state index contributed by atoms with van der Waals surface area (Å²) in [6.45, 7) is 3.27. The van der Waals surface area contributed by atoms with Gasteiger partial charge in [-0.1, -0.05) is 55.8 Å². The second-order valence-corrected chi connectivity index (χ2v) is 9.92. The molecule has 0 saturated heterocycles. The number of nitrogens with one attached hydrogen (secondary N) is 1. The van der Waals surface area contributed by atoms with Gasteiger partial charge in [-0.2, -0.15) is 4.98 Å². The molecule has 0 aliphatic rings. The number of unbranched alkanes of at least 4 members (excludes halogenated alkanes) is 2. The van der Waals surface area contributed by atoms with Crippen molar-refractivity contribution in [3.63, 3.8) is 0 Å². The summed E-state index contributed by atoms with van der Waals surface area (Å²) in [6, 6.07) is 13.7. The van der Waals surface area contributed by atoms with Crippen LogP contribution in [0.25, 0.3) is 0 Å². The molecule has 0 spiro atoms. The molecule has 2 heterocycles. The number of benzene rings is 2. The first kappa shape index (κ1) is 27.2. The number of amides is 1. The van der Waals surface area contributed by atoms with E-state index >= 15 is 0 Å². The lowest BCUT2D eigenvalue weighted by Crippen LogP contribution is -2.24. The third-order valence-electron chi connectivity index (χ3n) is 5.95. The highest BCUT2D eigenvalue weighted by atomic mass is 32.2. The van der Waals surface area contributed by atoms with E-state index in [0.29, 0.717) is 41.5 Å². The molecular formula is C29H30FN5O2S. The summed E-state index contributed by atoms with van der Waals surface area (Å²) in [6.07, 6.45) is 10.2. The summed E-state index contributed by atoms with van der Waals surface area (Å²) in [4.78, 5) is 37.8. The third-order valence-corrected chi connectivity index (χ3v) is 7.02. The topological polar surface area (TPSA) is 89.8 Å². The van der Waals surface area contributed by atoms with E-state index in [2.05, 4.69) is 27.2 Å². The summed E-state index contributed by atoms with van der Waals surface area (Å²) in [5.41, 5.74) is 3.56. The van der Waals surface area contributed by atoms with Gasteiger partial charge in [-0.15, -0.1) is 0 Å². The van der Waals surface area contributed by atoms with Crippen molar-refractivity contribution in [1.82, 2.24) is 24.8 Å². The van der Waals surface area contributed by atoms with Gasteiger partial charge in [0.1, 0.15) is 12.1 Å². The van der Waals surface area contributed by atoms with E-state index in [1.54, 1.807) is 24.5 Å². The van der Waals surface area contributed by atoms with Crippen molar-refractivity contribution in [3.8, 4) is 0 Å². The number of rotatable bonds is 12. The van der Waals surface area contributed by atoms with E-state index < -0.39 is 0 Å². The van der Waals surface area contributed by atoms with Crippen LogP contribution in [0.5, 0.6) is 0 Å². The Hall–Kier alpha value is -3.85. The molecule has 9 heteroatoms. The number of hydrogen-bond acceptors (Lipinski definition) is 6. The number of nitrogens with zero attached hydrogens (tertiary/aromatic N) is 4. The van der Waals surface area contributed by atoms with Gasteiger partial charge in [-0.25, -0.2) is 14.4 Å². The van der Waals surface area contributed by atoms with E-state index in [9.17, 15) is 14.0 Å². The molecule has 4 rings (SSSR count). The minimum Gasteiger partial charge on any atom is -0.352 e. The molecule has 0 aliphatic carbocycles. The lowest BCUT2D eigenvalue weighted by Gasteiger charge is -2.14. The average molecular weight is 532 g/mol. The van der Waals surface area contributed by atoms with Crippen molar-refractivity contribution in [2.24, 2.45) is 0 Å². The molecule has 1 N–H and O–H groups in total. The molecule has 196 valence electrons. The molecule has 0 atom stereocenters. The van der Waals surface area contributed by atoms with Gasteiger partial charge in [0, 0.05) is 55.0 Å². The van der Waals surface area contributed by atoms with Gasteiger partial charge in [-0.05, 0) is 47.4 Å². The maximum Gasteiger partial charge on any atom is 0.277 e. The SMILES string of the molecule is CCCCCNC(=O)c1ccc(Cn2cc(Cc3cncnc3)c(=O)nc2SCc2ccc(F)cc2)cc1. The lowest BCUT2D eigenvalue weighted by molar-refractivity contribution is 0.0953. The molecule has 2 aromatic heterocycles. The molecule has 1 amide bonds. The van der Waals surface area contributed by atoms with Crippen LogP contribution in [-0.4, -0.2) is 32.0 Å². The zero-order valence-corrected chi connectivity index (χ0v) is 22.1. The lowest BCUT2D eigenvalue weighted by atomic mass is 10.1. The van der Waals surface area contributed by atoms with Gasteiger partial charge in [0.05, 0.1) is 0 Å². The first-order valence-electron chi connectivity index (χ1n) is 12.6. The highest BCUT2D eigenvalue weighted by molar-refractivity contribution is 7.98. The molecule has 0 bridgehead atoms. The Morgan fingerprint density at radius 1 is 0.974 bits per heavy atom. The summed E-state index contributed by atoms with van der Waals surface area (Å²) < 4.78 is 15.2. The third kappa shape index (κ3) is 7.82. The first-order valence-corrected chi connectivity index (χ1v) is 13.6. The van der Waals surface area contributed by atoms with Gasteiger partial charge in [0.2, 0.25) is 0 Å². The summed E-state index contributed by atoms with van der Waals surface area (Å²) in [5, 5.41) is 3.52. The maximum absolute atomic E-state index is 13.3. The predicted molar refractivity (Wildman–Crippen MR) is 147 cm³/mol. The van der Waals surface area contributed by atoms with Gasteiger partial charge >= 0.3 is 0 Å². The molecule has 0 radical (unpaired) electrons. The van der Waals surface area contributed by atoms with E-state index in [0.717, 1.165) is 36.0 Å². The fourth-order valence-electron chi connectivity index (χ4n) is 3.88. The van der Waals surface area contributed by atoms with Crippen LogP contribution in [0, 0.1) is 5.82 Å². The first-order chi connectivity index (χ1) is 18.5. The normalized spacial score (nSPS) is 10.9. The van der Waals surface area contributed by atoms with Crippen molar-refractivity contribution < 1.29 is 9.18 Å². The Balaban J connectivity index is 1.54. The van der Waals surface area contributed by atoms with Crippen LogP contribution in [0.4, 0.5) is 4.39 Å². The molecule has 0 unspecified atom stereocenters. The number of aromatic nitrogens is 4. The van der Waals surface area contributed by atoms with Crippen LogP contribution in [0.3, 0.4) is 0 Å². The van der Waals surface area contributed by atoms with E-state index in [-0.39, 0.29) is 17.3 Å². The van der Waals surface area contributed by atoms with Crippen LogP contribution in [0.1, 0.15) is 58.8 Å². The van der Waals surface area contributed by atoms with Crippen LogP contribution in [-0.2, 0) is 18.7 Å². The Morgan fingerprint density at radius 2 is 1.68 bits per heavy atom. The minimum atomic E-state index is -0.304. The van der Waals surface area contributed by atoms with Gasteiger partial charge in [-0.3, -0.25) is 9.59 Å². The largest absolute Gasteiger partial charge is 0.352 e. The van der Waals surface area contributed by atoms with Crippen LogP contribution in [0.15, 0.2) is 83.4 Å². The number of halogens is 1. The van der Waals surface area contributed by atoms with Crippen LogP contribution >= 0.6 is 11.8 Å². The van der Waals surface area contributed by atoms with Crippen molar-refractivity contribution in [2.45, 2.75) is 50.1 Å². The number of thioether (sulfide) groups is 1. The quantitative estimate of drug-likeness (QED) is 0.157. The second-order valence-electron chi connectivity index (χ2n) is 8.98. The van der Waals surface area contributed by atoms with Crippen molar-refractivity contribution in [1.29, 1.82) is 0 Å². The fourth-order valence-corrected chi connectivity index (χ4v) is 4.80. The number of carbonyl (C=O) groups is 1. The Morgan fingerprint density at radius 3 is 2.39 bits per heavy atom. The van der Waals surface area contributed by atoms with Gasteiger partial charge in [0.15, 0.2) is 5.16 Å². The molecule has 0 aliphatic heterocycles. The highest BCUT2D eigenvalue weighted by Gasteiger charge is 2.12. The smallest absolute Gasteiger partial charge is 0.277 e.